The summed E-state index contributed by atoms with van der Waals surface area (Å²) in [6.45, 7) is 5.73. The summed E-state index contributed by atoms with van der Waals surface area (Å²) in [6.07, 6.45) is 1.36. The van der Waals surface area contributed by atoms with Gasteiger partial charge in [0.05, 0.1) is 17.1 Å². The number of nitrogens with zero attached hydrogens (tertiary/aromatic N) is 3. The van der Waals surface area contributed by atoms with Crippen molar-refractivity contribution < 1.29 is 4.79 Å². The van der Waals surface area contributed by atoms with E-state index in [2.05, 4.69) is 15.3 Å². The van der Waals surface area contributed by atoms with Crippen LogP contribution < -0.4 is 10.2 Å². The fraction of sp³-hybridized carbons (Fsp3) is 0.583. The Morgan fingerprint density at radius 2 is 1.76 bits per heavy atom. The molecule has 0 atom stereocenters. The van der Waals surface area contributed by atoms with Gasteiger partial charge in [-0.1, -0.05) is 6.92 Å². The van der Waals surface area contributed by atoms with Crippen molar-refractivity contribution in [1.82, 2.24) is 9.97 Å². The number of anilines is 2. The van der Waals surface area contributed by atoms with Crippen molar-refractivity contribution in [2.24, 2.45) is 0 Å². The van der Waals surface area contributed by atoms with E-state index < -0.39 is 0 Å². The lowest BCUT2D eigenvalue weighted by molar-refractivity contribution is -0.116. The van der Waals surface area contributed by atoms with Gasteiger partial charge in [-0.2, -0.15) is 0 Å². The molecule has 1 amide bonds. The molecule has 1 heterocycles. The Morgan fingerprint density at radius 3 is 2.18 bits per heavy atom. The summed E-state index contributed by atoms with van der Waals surface area (Å²) in [5.74, 6) is 0.674. The van der Waals surface area contributed by atoms with Crippen molar-refractivity contribution in [3.63, 3.8) is 0 Å². The Kier molecular flexibility index (Phi) is 4.43. The quantitative estimate of drug-likeness (QED) is 0.867. The first-order chi connectivity index (χ1) is 7.95. The van der Waals surface area contributed by atoms with E-state index >= 15 is 0 Å². The first kappa shape index (κ1) is 13.4. The van der Waals surface area contributed by atoms with Gasteiger partial charge in [-0.3, -0.25) is 4.79 Å². The SMILES string of the molecule is CCCC(=O)Nc1c(C)nc(N(C)C)nc1C. The molecule has 1 rings (SSSR count). The third kappa shape index (κ3) is 3.41. The first-order valence-electron chi connectivity index (χ1n) is 5.78. The van der Waals surface area contributed by atoms with Crippen molar-refractivity contribution in [2.75, 3.05) is 24.3 Å². The van der Waals surface area contributed by atoms with E-state index in [0.717, 1.165) is 23.5 Å². The van der Waals surface area contributed by atoms with E-state index in [1.165, 1.54) is 0 Å². The maximum absolute atomic E-state index is 11.6. The van der Waals surface area contributed by atoms with Crippen LogP contribution in [0.5, 0.6) is 0 Å². The van der Waals surface area contributed by atoms with Crippen LogP contribution in [0, 0.1) is 13.8 Å². The number of hydrogen-bond donors (Lipinski definition) is 1. The van der Waals surface area contributed by atoms with Crippen LogP contribution in [0.15, 0.2) is 0 Å². The molecule has 0 unspecified atom stereocenters. The van der Waals surface area contributed by atoms with Crippen LogP contribution in [0.1, 0.15) is 31.2 Å². The Hall–Kier alpha value is -1.65. The molecule has 0 fully saturated rings. The predicted octanol–water partition coefficient (Wildman–Crippen LogP) is 1.90. The minimum Gasteiger partial charge on any atom is -0.347 e. The molecule has 0 aliphatic heterocycles. The highest BCUT2D eigenvalue weighted by Gasteiger charge is 2.11. The maximum Gasteiger partial charge on any atom is 0.225 e. The summed E-state index contributed by atoms with van der Waals surface area (Å²) >= 11 is 0. The number of aromatic nitrogens is 2. The van der Waals surface area contributed by atoms with Gasteiger partial charge in [0.2, 0.25) is 11.9 Å². The highest BCUT2D eigenvalue weighted by Crippen LogP contribution is 2.19. The van der Waals surface area contributed by atoms with Gasteiger partial charge in [0.15, 0.2) is 0 Å². The van der Waals surface area contributed by atoms with Gasteiger partial charge >= 0.3 is 0 Å². The fourth-order valence-electron chi connectivity index (χ4n) is 1.51. The molecule has 0 bridgehead atoms. The molecule has 0 aliphatic carbocycles. The number of carbonyl (C=O) groups is 1. The molecular weight excluding hydrogens is 216 g/mol. The molecule has 0 aliphatic rings. The van der Waals surface area contributed by atoms with Crippen LogP contribution >= 0.6 is 0 Å². The molecule has 1 aromatic rings. The standard InChI is InChI=1S/C12H20N4O/c1-6-7-10(17)15-11-8(2)13-12(16(4)5)14-9(11)3/h6-7H2,1-5H3,(H,15,17). The summed E-state index contributed by atoms with van der Waals surface area (Å²) in [5, 5.41) is 2.86. The van der Waals surface area contributed by atoms with Gasteiger partial charge in [-0.15, -0.1) is 0 Å². The lowest BCUT2D eigenvalue weighted by Crippen LogP contribution is -2.18. The monoisotopic (exact) mass is 236 g/mol. The number of nitrogens with one attached hydrogen (secondary N) is 1. The zero-order valence-corrected chi connectivity index (χ0v) is 11.2. The van der Waals surface area contributed by atoms with Crippen molar-refractivity contribution in [3.05, 3.63) is 11.4 Å². The van der Waals surface area contributed by atoms with Crippen LogP contribution in [-0.4, -0.2) is 30.0 Å². The molecule has 5 nitrogen and oxygen atoms in total. The van der Waals surface area contributed by atoms with E-state index in [1.54, 1.807) is 0 Å². The van der Waals surface area contributed by atoms with Crippen molar-refractivity contribution in [2.45, 2.75) is 33.6 Å². The molecule has 17 heavy (non-hydrogen) atoms. The zero-order chi connectivity index (χ0) is 13.0. The molecule has 94 valence electrons. The number of rotatable bonds is 4. The van der Waals surface area contributed by atoms with Crippen LogP contribution in [0.3, 0.4) is 0 Å². The Bertz CT molecular complexity index is 392. The van der Waals surface area contributed by atoms with Gasteiger partial charge in [0.1, 0.15) is 0 Å². The summed E-state index contributed by atoms with van der Waals surface area (Å²) in [5.41, 5.74) is 2.32. The molecule has 0 spiro atoms. The lowest BCUT2D eigenvalue weighted by Gasteiger charge is -2.15. The topological polar surface area (TPSA) is 58.1 Å². The average molecular weight is 236 g/mol. The van der Waals surface area contributed by atoms with Gasteiger partial charge in [-0.05, 0) is 20.3 Å². The second kappa shape index (κ2) is 5.61. The van der Waals surface area contributed by atoms with Gasteiger partial charge in [0, 0.05) is 20.5 Å². The molecule has 0 saturated heterocycles. The number of hydrogen-bond acceptors (Lipinski definition) is 4. The first-order valence-corrected chi connectivity index (χ1v) is 5.78. The fourth-order valence-corrected chi connectivity index (χ4v) is 1.51. The van der Waals surface area contributed by atoms with Crippen LogP contribution in [0.25, 0.3) is 0 Å². The van der Waals surface area contributed by atoms with Crippen LogP contribution in [0.4, 0.5) is 11.6 Å². The van der Waals surface area contributed by atoms with Crippen LogP contribution in [-0.2, 0) is 4.79 Å². The van der Waals surface area contributed by atoms with Crippen LogP contribution in [0.2, 0.25) is 0 Å². The van der Waals surface area contributed by atoms with E-state index in [-0.39, 0.29) is 5.91 Å². The smallest absolute Gasteiger partial charge is 0.225 e. The molecule has 0 radical (unpaired) electrons. The Morgan fingerprint density at radius 1 is 1.24 bits per heavy atom. The molecule has 0 saturated carbocycles. The summed E-state index contributed by atoms with van der Waals surface area (Å²) in [4.78, 5) is 22.1. The number of aryl methyl sites for hydroxylation is 2. The van der Waals surface area contributed by atoms with Gasteiger partial charge < -0.3 is 10.2 Å². The predicted molar refractivity (Wildman–Crippen MR) is 69.4 cm³/mol. The highest BCUT2D eigenvalue weighted by molar-refractivity contribution is 5.91. The van der Waals surface area contributed by atoms with E-state index in [9.17, 15) is 4.79 Å². The largest absolute Gasteiger partial charge is 0.347 e. The van der Waals surface area contributed by atoms with Gasteiger partial charge in [0.25, 0.3) is 0 Å². The second-order valence-electron chi connectivity index (χ2n) is 4.26. The maximum atomic E-state index is 11.6. The Balaban J connectivity index is 2.97. The molecule has 0 aromatic carbocycles. The normalized spacial score (nSPS) is 10.2. The summed E-state index contributed by atoms with van der Waals surface area (Å²) in [7, 11) is 3.78. The minimum absolute atomic E-state index is 0.0138. The zero-order valence-electron chi connectivity index (χ0n) is 11.2. The van der Waals surface area contributed by atoms with Crippen molar-refractivity contribution >= 4 is 17.5 Å². The average Bonchev–Trinajstić information content (AvgIpc) is 2.23. The molecule has 5 heteroatoms. The minimum atomic E-state index is 0.0138. The van der Waals surface area contributed by atoms with E-state index in [4.69, 9.17) is 0 Å². The molecule has 1 N–H and O–H groups in total. The second-order valence-corrected chi connectivity index (χ2v) is 4.26. The van der Waals surface area contributed by atoms with Crippen molar-refractivity contribution in [1.29, 1.82) is 0 Å². The summed E-state index contributed by atoms with van der Waals surface area (Å²) < 4.78 is 0. The molecule has 1 aromatic heterocycles. The van der Waals surface area contributed by atoms with Gasteiger partial charge in [-0.25, -0.2) is 9.97 Å². The Labute approximate surface area is 102 Å². The number of carbonyl (C=O) groups excluding carboxylic acids is 1. The highest BCUT2D eigenvalue weighted by atomic mass is 16.1. The van der Waals surface area contributed by atoms with E-state index in [0.29, 0.717) is 12.4 Å². The molecular formula is C12H20N4O. The third-order valence-corrected chi connectivity index (χ3v) is 2.40. The summed E-state index contributed by atoms with van der Waals surface area (Å²) in [6, 6.07) is 0. The third-order valence-electron chi connectivity index (χ3n) is 2.40. The van der Waals surface area contributed by atoms with E-state index in [1.807, 2.05) is 39.8 Å². The lowest BCUT2D eigenvalue weighted by atomic mass is 10.2. The van der Waals surface area contributed by atoms with Crippen molar-refractivity contribution in [3.8, 4) is 0 Å². The number of amides is 1.